The van der Waals surface area contributed by atoms with E-state index in [0.29, 0.717) is 0 Å². The summed E-state index contributed by atoms with van der Waals surface area (Å²) in [6, 6.07) is 2.36. The van der Waals surface area contributed by atoms with E-state index in [0.717, 1.165) is 24.4 Å². The highest BCUT2D eigenvalue weighted by Gasteiger charge is 2.27. The first-order valence-electron chi connectivity index (χ1n) is 6.06. The average Bonchev–Trinajstić information content (AvgIpc) is 2.57. The minimum Gasteiger partial charge on any atom is -0.387 e. The summed E-state index contributed by atoms with van der Waals surface area (Å²) in [7, 11) is 0. The summed E-state index contributed by atoms with van der Waals surface area (Å²) < 4.78 is 0. The number of thiophene rings is 1. The Morgan fingerprint density at radius 1 is 1.50 bits per heavy atom. The molecular formula is C13H21NOS. The van der Waals surface area contributed by atoms with Gasteiger partial charge in [-0.1, -0.05) is 6.92 Å². The second kappa shape index (κ2) is 4.86. The van der Waals surface area contributed by atoms with Crippen molar-refractivity contribution in [2.24, 2.45) is 5.92 Å². The topological polar surface area (TPSA) is 32.3 Å². The molecule has 1 aliphatic rings. The van der Waals surface area contributed by atoms with Gasteiger partial charge in [-0.25, -0.2) is 0 Å². The summed E-state index contributed by atoms with van der Waals surface area (Å²) >= 11 is 1.77. The van der Waals surface area contributed by atoms with Crippen molar-refractivity contribution in [3.63, 3.8) is 0 Å². The van der Waals surface area contributed by atoms with E-state index in [1.807, 2.05) is 0 Å². The lowest BCUT2D eigenvalue weighted by molar-refractivity contribution is 0.101. The molecule has 1 aromatic heterocycles. The number of aliphatic hydroxyl groups excluding tert-OH is 1. The van der Waals surface area contributed by atoms with Crippen LogP contribution in [0.1, 0.15) is 41.2 Å². The van der Waals surface area contributed by atoms with Crippen molar-refractivity contribution in [1.82, 2.24) is 5.32 Å². The van der Waals surface area contributed by atoms with Crippen LogP contribution in [0.5, 0.6) is 0 Å². The maximum absolute atomic E-state index is 10.4. The molecule has 2 heterocycles. The highest BCUT2D eigenvalue weighted by atomic mass is 32.1. The summed E-state index contributed by atoms with van der Waals surface area (Å²) in [6.45, 7) is 7.50. The van der Waals surface area contributed by atoms with Gasteiger partial charge in [0.25, 0.3) is 0 Å². The maximum atomic E-state index is 10.4. The van der Waals surface area contributed by atoms with E-state index in [1.165, 1.54) is 16.2 Å². The number of nitrogens with one attached hydrogen (secondary N) is 1. The Kier molecular flexibility index (Phi) is 3.67. The van der Waals surface area contributed by atoms with Crippen molar-refractivity contribution in [2.75, 3.05) is 6.54 Å². The second-order valence-corrected chi connectivity index (χ2v) is 6.46. The summed E-state index contributed by atoms with van der Waals surface area (Å²) in [4.78, 5) is 2.54. The number of rotatable bonds is 2. The summed E-state index contributed by atoms with van der Waals surface area (Å²) in [5.41, 5.74) is 1.12. The fourth-order valence-corrected chi connectivity index (χ4v) is 3.52. The van der Waals surface area contributed by atoms with Crippen LogP contribution in [-0.4, -0.2) is 17.7 Å². The summed E-state index contributed by atoms with van der Waals surface area (Å²) in [5.74, 6) is 0.723. The molecule has 16 heavy (non-hydrogen) atoms. The molecule has 2 N–H and O–H groups in total. The van der Waals surface area contributed by atoms with Crippen molar-refractivity contribution < 1.29 is 5.11 Å². The molecular weight excluding hydrogens is 218 g/mol. The van der Waals surface area contributed by atoms with Gasteiger partial charge in [0, 0.05) is 15.8 Å². The molecule has 0 aliphatic carbocycles. The molecule has 0 radical (unpaired) electrons. The molecule has 0 bridgehead atoms. The quantitative estimate of drug-likeness (QED) is 0.832. The summed E-state index contributed by atoms with van der Waals surface area (Å²) in [5, 5.41) is 13.8. The second-order valence-electron chi connectivity index (χ2n) is 5.00. The zero-order chi connectivity index (χ0) is 11.7. The highest BCUT2D eigenvalue weighted by Crippen LogP contribution is 2.31. The van der Waals surface area contributed by atoms with E-state index in [9.17, 15) is 5.11 Å². The van der Waals surface area contributed by atoms with Crippen LogP contribution in [-0.2, 0) is 0 Å². The molecule has 1 saturated heterocycles. The van der Waals surface area contributed by atoms with Crippen molar-refractivity contribution in [1.29, 1.82) is 0 Å². The molecule has 90 valence electrons. The van der Waals surface area contributed by atoms with Crippen molar-refractivity contribution in [3.8, 4) is 0 Å². The molecule has 2 nitrogen and oxygen atoms in total. The van der Waals surface area contributed by atoms with Crippen LogP contribution in [0.4, 0.5) is 0 Å². The third kappa shape index (κ3) is 2.47. The number of aliphatic hydroxyl groups is 1. The summed E-state index contributed by atoms with van der Waals surface area (Å²) in [6.07, 6.45) is 1.97. The highest BCUT2D eigenvalue weighted by molar-refractivity contribution is 7.12. The third-order valence-corrected chi connectivity index (χ3v) is 4.46. The largest absolute Gasteiger partial charge is 0.387 e. The molecule has 1 aliphatic heterocycles. The molecule has 0 amide bonds. The predicted molar refractivity (Wildman–Crippen MR) is 68.9 cm³/mol. The van der Waals surface area contributed by atoms with Crippen molar-refractivity contribution in [2.45, 2.75) is 45.8 Å². The normalized spacial score (nSPS) is 28.0. The Hall–Kier alpha value is -0.380. The Morgan fingerprint density at radius 3 is 2.81 bits per heavy atom. The van der Waals surface area contributed by atoms with Gasteiger partial charge < -0.3 is 10.4 Å². The first kappa shape index (κ1) is 12.1. The fourth-order valence-electron chi connectivity index (χ4n) is 2.55. The smallest absolute Gasteiger partial charge is 0.0953 e. The monoisotopic (exact) mass is 239 g/mol. The first-order valence-corrected chi connectivity index (χ1v) is 6.88. The first-order chi connectivity index (χ1) is 7.58. The van der Waals surface area contributed by atoms with E-state index < -0.39 is 0 Å². The molecule has 2 rings (SSSR count). The molecule has 3 unspecified atom stereocenters. The van der Waals surface area contributed by atoms with Crippen LogP contribution in [0.15, 0.2) is 6.07 Å². The standard InChI is InChI=1S/C13H21NOS/c1-8-4-5-14-12(6-8)13(15)11-7-9(2)16-10(11)3/h7-8,12-15H,4-6H2,1-3H3. The maximum Gasteiger partial charge on any atom is 0.0953 e. The van der Waals surface area contributed by atoms with Crippen molar-refractivity contribution in [3.05, 3.63) is 21.4 Å². The number of aryl methyl sites for hydroxylation is 2. The van der Waals surface area contributed by atoms with Gasteiger partial charge in [0.1, 0.15) is 0 Å². The van der Waals surface area contributed by atoms with Gasteiger partial charge in [-0.15, -0.1) is 11.3 Å². The van der Waals surface area contributed by atoms with Gasteiger partial charge in [-0.3, -0.25) is 0 Å². The Bertz CT molecular complexity index is 361. The van der Waals surface area contributed by atoms with Crippen LogP contribution in [0.25, 0.3) is 0 Å². The zero-order valence-electron chi connectivity index (χ0n) is 10.3. The Morgan fingerprint density at radius 2 is 2.25 bits per heavy atom. The van der Waals surface area contributed by atoms with Crippen LogP contribution in [0.2, 0.25) is 0 Å². The van der Waals surface area contributed by atoms with Crippen LogP contribution >= 0.6 is 11.3 Å². The van der Waals surface area contributed by atoms with E-state index in [4.69, 9.17) is 0 Å². The van der Waals surface area contributed by atoms with Crippen molar-refractivity contribution >= 4 is 11.3 Å². The van der Waals surface area contributed by atoms with Crippen LogP contribution in [0.3, 0.4) is 0 Å². The fraction of sp³-hybridized carbons (Fsp3) is 0.692. The Labute approximate surface area is 102 Å². The minimum absolute atomic E-state index is 0.233. The van der Waals surface area contributed by atoms with Gasteiger partial charge in [0.2, 0.25) is 0 Å². The number of piperidine rings is 1. The van der Waals surface area contributed by atoms with Gasteiger partial charge in [-0.2, -0.15) is 0 Å². The SMILES string of the molecule is Cc1cc(C(O)C2CC(C)CCN2)c(C)s1. The molecule has 0 spiro atoms. The predicted octanol–water partition coefficient (Wildman–Crippen LogP) is 2.79. The third-order valence-electron chi connectivity index (χ3n) is 3.48. The lowest BCUT2D eigenvalue weighted by Gasteiger charge is -2.31. The Balaban J connectivity index is 2.11. The molecule has 3 heteroatoms. The zero-order valence-corrected chi connectivity index (χ0v) is 11.1. The van der Waals surface area contributed by atoms with Gasteiger partial charge in [-0.05, 0) is 50.8 Å². The lowest BCUT2D eigenvalue weighted by atomic mass is 9.89. The van der Waals surface area contributed by atoms with E-state index >= 15 is 0 Å². The van der Waals surface area contributed by atoms with Gasteiger partial charge in [0.15, 0.2) is 0 Å². The average molecular weight is 239 g/mol. The molecule has 3 atom stereocenters. The molecule has 1 fully saturated rings. The van der Waals surface area contributed by atoms with E-state index in [-0.39, 0.29) is 12.1 Å². The van der Waals surface area contributed by atoms with Gasteiger partial charge in [0.05, 0.1) is 6.10 Å². The van der Waals surface area contributed by atoms with E-state index in [2.05, 4.69) is 32.2 Å². The lowest BCUT2D eigenvalue weighted by Crippen LogP contribution is -2.41. The molecule has 0 aromatic carbocycles. The number of hydrogen-bond acceptors (Lipinski definition) is 3. The van der Waals surface area contributed by atoms with Crippen LogP contribution in [0, 0.1) is 19.8 Å². The molecule has 0 saturated carbocycles. The van der Waals surface area contributed by atoms with Gasteiger partial charge >= 0.3 is 0 Å². The van der Waals surface area contributed by atoms with Crippen LogP contribution < -0.4 is 5.32 Å². The number of hydrogen-bond donors (Lipinski definition) is 2. The minimum atomic E-state index is -0.340. The van der Waals surface area contributed by atoms with E-state index in [1.54, 1.807) is 11.3 Å². The molecule has 1 aromatic rings.